The number of ether oxygens (including phenoxy) is 1. The van der Waals surface area contributed by atoms with E-state index in [0.29, 0.717) is 45.3 Å². The summed E-state index contributed by atoms with van der Waals surface area (Å²) in [4.78, 5) is 71.0. The molecule has 288 valence electrons. The molecule has 2 unspecified atom stereocenters. The highest BCUT2D eigenvalue weighted by Crippen LogP contribution is 2.44. The van der Waals surface area contributed by atoms with Crippen LogP contribution in [0, 0.1) is 17.3 Å². The minimum atomic E-state index is -0.946. The number of hydrogen-bond donors (Lipinski definition) is 4. The van der Waals surface area contributed by atoms with Crippen LogP contribution in [0.5, 0.6) is 0 Å². The molecule has 0 radical (unpaired) electrons. The van der Waals surface area contributed by atoms with Crippen molar-refractivity contribution in [3.05, 3.63) is 12.7 Å². The third-order valence-corrected chi connectivity index (χ3v) is 11.6. The lowest BCUT2D eigenvalue weighted by atomic mass is 9.80. The number of ketones is 1. The van der Waals surface area contributed by atoms with Crippen molar-refractivity contribution in [3.63, 3.8) is 0 Å². The molecule has 5 amide bonds. The molecule has 4 N–H and O–H groups in total. The number of piperidine rings is 1. The summed E-state index contributed by atoms with van der Waals surface area (Å²) in [6.07, 6.45) is 10.7. The average Bonchev–Trinajstić information content (AvgIpc) is 3.57. The number of urea groups is 1. The van der Waals surface area contributed by atoms with E-state index in [1.54, 1.807) is 0 Å². The summed E-state index contributed by atoms with van der Waals surface area (Å²) in [5.41, 5.74) is -0.680. The molecule has 1 aliphatic carbocycles. The van der Waals surface area contributed by atoms with Gasteiger partial charge in [0, 0.05) is 50.6 Å². The van der Waals surface area contributed by atoms with Crippen LogP contribution in [0.2, 0.25) is 0 Å². The molecule has 0 bridgehead atoms. The minimum Gasteiger partial charge on any atom is -0.371 e. The maximum atomic E-state index is 14.4. The third-order valence-electron chi connectivity index (χ3n) is 11.6. The van der Waals surface area contributed by atoms with Crippen LogP contribution in [-0.2, 0) is 23.9 Å². The Balaban J connectivity index is 1.58. The van der Waals surface area contributed by atoms with Crippen LogP contribution >= 0.6 is 0 Å². The number of fused-ring (bicyclic) bond motifs is 1. The number of carbonyl (C=O) groups excluding carboxylic acids is 5. The number of nitrogens with one attached hydrogen (secondary N) is 4. The van der Waals surface area contributed by atoms with Gasteiger partial charge in [0.2, 0.25) is 17.6 Å². The third kappa shape index (κ3) is 10.6. The number of hydrogen-bond acceptors (Lipinski definition) is 7. The normalized spacial score (nSPS) is 26.4. The first-order valence-corrected chi connectivity index (χ1v) is 19.6. The van der Waals surface area contributed by atoms with Crippen molar-refractivity contribution < 1.29 is 28.7 Å². The summed E-state index contributed by atoms with van der Waals surface area (Å²) in [5.74, 6) is -1.43. The summed E-state index contributed by atoms with van der Waals surface area (Å²) in [6.45, 7) is 19.8. The average molecular weight is 715 g/mol. The van der Waals surface area contributed by atoms with E-state index >= 15 is 0 Å². The lowest BCUT2D eigenvalue weighted by Gasteiger charge is -2.42. The fraction of sp³-hybridized carbons (Fsp3) is 0.821. The molecule has 4 fully saturated rings. The van der Waals surface area contributed by atoms with Gasteiger partial charge in [-0.05, 0) is 70.6 Å². The minimum absolute atomic E-state index is 0.109. The largest absolute Gasteiger partial charge is 0.371 e. The fourth-order valence-electron chi connectivity index (χ4n) is 8.78. The SMILES string of the molecule is C=CCNC(=O)C(=O)C(CCC)NC(=O)[C@@H]1[C@H]2CC(C)(C)O[C@H]2CN1C(C)[C@@H](NC(=O)N[C@H](CN1CCCCC1=O)C(C)(C)C)C1CCCCC1. The summed E-state index contributed by atoms with van der Waals surface area (Å²) in [6, 6.07) is -2.53. The molecule has 12 heteroatoms. The van der Waals surface area contributed by atoms with E-state index in [1.165, 1.54) is 6.08 Å². The number of likely N-dealkylation sites (tertiary alicyclic amines) is 2. The molecule has 3 saturated heterocycles. The van der Waals surface area contributed by atoms with Gasteiger partial charge in [-0.2, -0.15) is 0 Å². The molecule has 12 nitrogen and oxygen atoms in total. The Labute approximate surface area is 306 Å². The predicted molar refractivity (Wildman–Crippen MR) is 198 cm³/mol. The van der Waals surface area contributed by atoms with Gasteiger partial charge in [-0.15, -0.1) is 6.58 Å². The van der Waals surface area contributed by atoms with Gasteiger partial charge in [0.1, 0.15) is 0 Å². The zero-order valence-corrected chi connectivity index (χ0v) is 32.4. The van der Waals surface area contributed by atoms with Crippen LogP contribution in [0.15, 0.2) is 12.7 Å². The van der Waals surface area contributed by atoms with Gasteiger partial charge in [-0.3, -0.25) is 24.1 Å². The van der Waals surface area contributed by atoms with E-state index in [-0.39, 0.29) is 65.9 Å². The molecule has 1 saturated carbocycles. The fourth-order valence-corrected chi connectivity index (χ4v) is 8.78. The second-order valence-corrected chi connectivity index (χ2v) is 17.1. The summed E-state index contributed by atoms with van der Waals surface area (Å²) < 4.78 is 6.50. The van der Waals surface area contributed by atoms with Crippen molar-refractivity contribution in [1.29, 1.82) is 0 Å². The summed E-state index contributed by atoms with van der Waals surface area (Å²) in [5, 5.41) is 12.2. The highest BCUT2D eigenvalue weighted by Gasteiger charge is 2.56. The van der Waals surface area contributed by atoms with E-state index in [9.17, 15) is 24.0 Å². The molecule has 3 aliphatic heterocycles. The predicted octanol–water partition coefficient (Wildman–Crippen LogP) is 4.07. The van der Waals surface area contributed by atoms with Gasteiger partial charge in [0.05, 0.1) is 29.8 Å². The molecule has 4 rings (SSSR count). The van der Waals surface area contributed by atoms with Crippen LogP contribution in [0.4, 0.5) is 4.79 Å². The van der Waals surface area contributed by atoms with E-state index in [1.807, 2.05) is 25.7 Å². The van der Waals surface area contributed by atoms with E-state index in [2.05, 4.69) is 60.4 Å². The Bertz CT molecular complexity index is 1260. The number of amides is 5. The lowest BCUT2D eigenvalue weighted by Crippen LogP contribution is -2.62. The van der Waals surface area contributed by atoms with E-state index in [4.69, 9.17) is 4.74 Å². The lowest BCUT2D eigenvalue weighted by molar-refractivity contribution is -0.140. The molecule has 4 aliphatic rings. The van der Waals surface area contributed by atoms with Crippen molar-refractivity contribution in [1.82, 2.24) is 31.1 Å². The molecule has 0 aromatic carbocycles. The van der Waals surface area contributed by atoms with Crippen LogP contribution in [0.3, 0.4) is 0 Å². The molecule has 51 heavy (non-hydrogen) atoms. The molecular weight excluding hydrogens is 648 g/mol. The van der Waals surface area contributed by atoms with Gasteiger partial charge < -0.3 is 30.9 Å². The second-order valence-electron chi connectivity index (χ2n) is 17.1. The number of carbonyl (C=O) groups is 5. The summed E-state index contributed by atoms with van der Waals surface area (Å²) in [7, 11) is 0. The Hall–Kier alpha value is -2.99. The topological polar surface area (TPSA) is 149 Å². The maximum Gasteiger partial charge on any atom is 0.315 e. The van der Waals surface area contributed by atoms with Gasteiger partial charge in [0.15, 0.2) is 0 Å². The van der Waals surface area contributed by atoms with Gasteiger partial charge in [-0.1, -0.05) is 59.5 Å². The Morgan fingerprint density at radius 3 is 2.37 bits per heavy atom. The van der Waals surface area contributed by atoms with Gasteiger partial charge in [-0.25, -0.2) is 4.79 Å². The number of rotatable bonds is 15. The molecule has 0 aromatic heterocycles. The highest BCUT2D eigenvalue weighted by atomic mass is 16.5. The second kappa shape index (κ2) is 17.7. The van der Waals surface area contributed by atoms with Gasteiger partial charge >= 0.3 is 6.03 Å². The highest BCUT2D eigenvalue weighted by molar-refractivity contribution is 6.38. The van der Waals surface area contributed by atoms with Crippen LogP contribution in [-0.4, -0.2) is 107 Å². The quantitative estimate of drug-likeness (QED) is 0.148. The number of Topliss-reactive ketones (excluding diaryl/α,β-unsaturated/α-hetero) is 1. The summed E-state index contributed by atoms with van der Waals surface area (Å²) >= 11 is 0. The van der Waals surface area contributed by atoms with Crippen molar-refractivity contribution in [3.8, 4) is 0 Å². The van der Waals surface area contributed by atoms with Crippen molar-refractivity contribution in [2.45, 2.75) is 161 Å². The Morgan fingerprint density at radius 1 is 1.04 bits per heavy atom. The first-order chi connectivity index (χ1) is 24.1. The first kappa shape index (κ1) is 40.8. The standard InChI is InChI=1S/C39H66N6O6/c1-9-16-28(34(47)36(49)40-20-10-2)41-35(48)33-27-22-39(7,8)51-29(27)23-45(33)25(3)32(26-17-12-11-13-18-26)43-37(50)42-30(38(4,5)6)24-44-21-15-14-19-31(44)46/h10,25-30,32-33H,2,9,11-24H2,1,3-8H3,(H,40,49)(H,41,48)(H2,42,43,50)/t25?,27-,28?,29-,30+,32+,33-/m0/s1. The monoisotopic (exact) mass is 715 g/mol. The molecule has 0 aromatic rings. The van der Waals surface area contributed by atoms with Crippen molar-refractivity contribution in [2.75, 3.05) is 26.2 Å². The van der Waals surface area contributed by atoms with Crippen molar-refractivity contribution in [2.24, 2.45) is 17.3 Å². The van der Waals surface area contributed by atoms with E-state index in [0.717, 1.165) is 44.9 Å². The molecular formula is C39H66N6O6. The first-order valence-electron chi connectivity index (χ1n) is 19.6. The zero-order chi connectivity index (χ0) is 37.5. The van der Waals surface area contributed by atoms with Crippen LogP contribution in [0.1, 0.15) is 119 Å². The maximum absolute atomic E-state index is 14.4. The smallest absolute Gasteiger partial charge is 0.315 e. The zero-order valence-electron chi connectivity index (χ0n) is 32.4. The molecule has 3 heterocycles. The van der Waals surface area contributed by atoms with Crippen LogP contribution < -0.4 is 21.3 Å². The van der Waals surface area contributed by atoms with Gasteiger partial charge in [0.25, 0.3) is 5.91 Å². The van der Waals surface area contributed by atoms with Crippen LogP contribution in [0.25, 0.3) is 0 Å². The molecule has 7 atom stereocenters. The number of nitrogens with zero attached hydrogens (tertiary/aromatic N) is 2. The Kier molecular flexibility index (Phi) is 14.1. The molecule has 0 spiro atoms. The Morgan fingerprint density at radius 2 is 1.75 bits per heavy atom. The van der Waals surface area contributed by atoms with E-state index < -0.39 is 29.4 Å². The van der Waals surface area contributed by atoms with Crippen molar-refractivity contribution >= 4 is 29.5 Å².